The van der Waals surface area contributed by atoms with Crippen LogP contribution in [0.5, 0.6) is 0 Å². The van der Waals surface area contributed by atoms with E-state index in [-0.39, 0.29) is 11.8 Å². The van der Waals surface area contributed by atoms with E-state index in [0.717, 1.165) is 16.9 Å². The number of carbonyl (C=O) groups excluding carboxylic acids is 2. The molecule has 1 aromatic heterocycles. The Kier molecular flexibility index (Phi) is 7.16. The number of halogens is 2. The summed E-state index contributed by atoms with van der Waals surface area (Å²) in [6.45, 7) is 6.44. The standard InChI is InChI=1S/C29H26Cl2N6O2/c1-4-37-24-14-13-19(15-20(24)29(2,3)27(37)39)34-28-32-16-22(31)25(36-28)33-18-11-9-17(10-12-18)26(38)35-23-8-6-5-7-21(23)30/h5-16H,4H2,1-3H3,(H,35,38)(H2,32,33,34,36). The highest BCUT2D eigenvalue weighted by atomic mass is 35.5. The second-order valence-corrected chi connectivity index (χ2v) is 10.4. The third-order valence-electron chi connectivity index (χ3n) is 6.59. The van der Waals surface area contributed by atoms with Crippen LogP contribution in [-0.4, -0.2) is 28.3 Å². The molecule has 8 nitrogen and oxygen atoms in total. The van der Waals surface area contributed by atoms with Crippen molar-refractivity contribution in [3.8, 4) is 0 Å². The molecule has 0 saturated heterocycles. The minimum atomic E-state index is -0.618. The number of rotatable bonds is 7. The van der Waals surface area contributed by atoms with Gasteiger partial charge in [0.25, 0.3) is 5.91 Å². The van der Waals surface area contributed by atoms with E-state index in [1.807, 2.05) is 39.0 Å². The van der Waals surface area contributed by atoms with Gasteiger partial charge in [0.05, 0.1) is 22.3 Å². The average Bonchev–Trinajstić information content (AvgIpc) is 3.12. The summed E-state index contributed by atoms with van der Waals surface area (Å²) in [5, 5.41) is 9.98. The van der Waals surface area contributed by atoms with Crippen LogP contribution in [0.3, 0.4) is 0 Å². The molecule has 0 unspecified atom stereocenters. The van der Waals surface area contributed by atoms with Crippen molar-refractivity contribution in [2.24, 2.45) is 0 Å². The van der Waals surface area contributed by atoms with E-state index in [1.165, 1.54) is 6.20 Å². The lowest BCUT2D eigenvalue weighted by atomic mass is 9.86. The van der Waals surface area contributed by atoms with E-state index in [2.05, 4.69) is 25.9 Å². The number of aromatic nitrogens is 2. The number of carbonyl (C=O) groups is 2. The smallest absolute Gasteiger partial charge is 0.255 e. The van der Waals surface area contributed by atoms with Crippen LogP contribution in [-0.2, 0) is 10.2 Å². The second kappa shape index (κ2) is 10.6. The predicted octanol–water partition coefficient (Wildman–Crippen LogP) is 7.17. The lowest BCUT2D eigenvalue weighted by Gasteiger charge is -2.18. The molecule has 0 radical (unpaired) electrons. The Bertz CT molecular complexity index is 1570. The van der Waals surface area contributed by atoms with Crippen molar-refractivity contribution in [2.45, 2.75) is 26.2 Å². The number of hydrogen-bond acceptors (Lipinski definition) is 6. The zero-order valence-electron chi connectivity index (χ0n) is 21.5. The molecule has 0 fully saturated rings. The normalized spacial score (nSPS) is 13.7. The minimum Gasteiger partial charge on any atom is -0.339 e. The molecule has 4 aromatic rings. The fraction of sp³-hybridized carbons (Fsp3) is 0.172. The summed E-state index contributed by atoms with van der Waals surface area (Å²) in [7, 11) is 0. The number of para-hydroxylation sites is 1. The van der Waals surface area contributed by atoms with Gasteiger partial charge >= 0.3 is 0 Å². The van der Waals surface area contributed by atoms with Gasteiger partial charge in [-0.1, -0.05) is 35.3 Å². The number of anilines is 6. The van der Waals surface area contributed by atoms with E-state index >= 15 is 0 Å². The van der Waals surface area contributed by atoms with Gasteiger partial charge in [0.15, 0.2) is 5.82 Å². The molecule has 0 spiro atoms. The first-order valence-corrected chi connectivity index (χ1v) is 13.1. The molecule has 5 rings (SSSR count). The van der Waals surface area contributed by atoms with Gasteiger partial charge in [-0.2, -0.15) is 4.98 Å². The maximum Gasteiger partial charge on any atom is 0.255 e. The Morgan fingerprint density at radius 2 is 1.67 bits per heavy atom. The van der Waals surface area contributed by atoms with Crippen LogP contribution in [0.1, 0.15) is 36.7 Å². The van der Waals surface area contributed by atoms with E-state index < -0.39 is 5.41 Å². The molecule has 1 aliphatic rings. The monoisotopic (exact) mass is 560 g/mol. The zero-order valence-corrected chi connectivity index (χ0v) is 23.1. The largest absolute Gasteiger partial charge is 0.339 e. The minimum absolute atomic E-state index is 0.0822. The van der Waals surface area contributed by atoms with Crippen molar-refractivity contribution in [1.82, 2.24) is 9.97 Å². The van der Waals surface area contributed by atoms with Crippen LogP contribution < -0.4 is 20.9 Å². The van der Waals surface area contributed by atoms with Crippen LogP contribution in [0.25, 0.3) is 0 Å². The van der Waals surface area contributed by atoms with Gasteiger partial charge in [-0.15, -0.1) is 0 Å². The van der Waals surface area contributed by atoms with Gasteiger partial charge in [0.1, 0.15) is 5.02 Å². The quantitative estimate of drug-likeness (QED) is 0.221. The van der Waals surface area contributed by atoms with Gasteiger partial charge in [0.2, 0.25) is 11.9 Å². The van der Waals surface area contributed by atoms with Crippen LogP contribution >= 0.6 is 23.2 Å². The van der Waals surface area contributed by atoms with E-state index in [0.29, 0.717) is 45.3 Å². The number of fused-ring (bicyclic) bond motifs is 1. The fourth-order valence-electron chi connectivity index (χ4n) is 4.47. The molecule has 2 amide bonds. The van der Waals surface area contributed by atoms with Crippen LogP contribution in [0.15, 0.2) is 72.9 Å². The van der Waals surface area contributed by atoms with Crippen LogP contribution in [0.4, 0.5) is 34.5 Å². The molecule has 1 aliphatic heterocycles. The Balaban J connectivity index is 1.30. The number of likely N-dealkylation sites (N-methyl/N-ethyl adjacent to an activating group) is 1. The van der Waals surface area contributed by atoms with Crippen molar-refractivity contribution in [3.63, 3.8) is 0 Å². The van der Waals surface area contributed by atoms with Gasteiger partial charge in [0, 0.05) is 29.2 Å². The van der Waals surface area contributed by atoms with Gasteiger partial charge in [-0.3, -0.25) is 9.59 Å². The SMILES string of the molecule is CCN1C(=O)C(C)(C)c2cc(Nc3ncc(Cl)c(Nc4ccc(C(=O)Nc5ccccc5Cl)cc4)n3)ccc21. The van der Waals surface area contributed by atoms with E-state index in [4.69, 9.17) is 23.2 Å². The summed E-state index contributed by atoms with van der Waals surface area (Å²) in [6, 6.07) is 19.7. The summed E-state index contributed by atoms with van der Waals surface area (Å²) in [4.78, 5) is 36.1. The highest BCUT2D eigenvalue weighted by Gasteiger charge is 2.43. The lowest BCUT2D eigenvalue weighted by Crippen LogP contribution is -2.35. The first-order chi connectivity index (χ1) is 18.7. The molecule has 0 bridgehead atoms. The Hall–Kier alpha value is -4.14. The number of nitrogens with one attached hydrogen (secondary N) is 3. The van der Waals surface area contributed by atoms with Gasteiger partial charge < -0.3 is 20.9 Å². The average molecular weight is 561 g/mol. The molecule has 0 aliphatic carbocycles. The molecule has 0 atom stereocenters. The predicted molar refractivity (Wildman–Crippen MR) is 157 cm³/mol. The summed E-state index contributed by atoms with van der Waals surface area (Å²) < 4.78 is 0. The Labute approximate surface area is 236 Å². The molecule has 198 valence electrons. The summed E-state index contributed by atoms with van der Waals surface area (Å²) in [5.74, 6) is 0.546. The van der Waals surface area contributed by atoms with Crippen molar-refractivity contribution >= 4 is 69.5 Å². The maximum absolute atomic E-state index is 12.8. The van der Waals surface area contributed by atoms with E-state index in [9.17, 15) is 9.59 Å². The van der Waals surface area contributed by atoms with Crippen molar-refractivity contribution in [2.75, 3.05) is 27.4 Å². The first-order valence-electron chi connectivity index (χ1n) is 12.4. The number of benzene rings is 3. The molecule has 39 heavy (non-hydrogen) atoms. The molecule has 2 heterocycles. The van der Waals surface area contributed by atoms with Crippen molar-refractivity contribution in [3.05, 3.63) is 94.1 Å². The third-order valence-corrected chi connectivity index (χ3v) is 7.20. The highest BCUT2D eigenvalue weighted by Crippen LogP contribution is 2.43. The maximum atomic E-state index is 12.8. The fourth-order valence-corrected chi connectivity index (χ4v) is 4.79. The molecule has 3 aromatic carbocycles. The first kappa shape index (κ1) is 26.5. The van der Waals surface area contributed by atoms with Gasteiger partial charge in [-0.25, -0.2) is 4.98 Å². The molecular weight excluding hydrogens is 535 g/mol. The second-order valence-electron chi connectivity index (χ2n) is 9.56. The highest BCUT2D eigenvalue weighted by molar-refractivity contribution is 6.34. The third kappa shape index (κ3) is 5.26. The topological polar surface area (TPSA) is 99.3 Å². The Morgan fingerprint density at radius 1 is 0.949 bits per heavy atom. The molecule has 3 N–H and O–H groups in total. The molecular formula is C29H26Cl2N6O2. The molecule has 10 heteroatoms. The van der Waals surface area contributed by atoms with Crippen molar-refractivity contribution in [1.29, 1.82) is 0 Å². The zero-order chi connectivity index (χ0) is 27.7. The van der Waals surface area contributed by atoms with Gasteiger partial charge in [-0.05, 0) is 80.9 Å². The summed E-state index contributed by atoms with van der Waals surface area (Å²) in [5.41, 5.74) is 3.71. The van der Waals surface area contributed by atoms with E-state index in [1.54, 1.807) is 53.4 Å². The summed E-state index contributed by atoms with van der Waals surface area (Å²) in [6.07, 6.45) is 1.50. The van der Waals surface area contributed by atoms with Crippen LogP contribution in [0, 0.1) is 0 Å². The lowest BCUT2D eigenvalue weighted by molar-refractivity contribution is -0.122. The molecule has 0 saturated carbocycles. The number of nitrogens with zero attached hydrogens (tertiary/aromatic N) is 3. The van der Waals surface area contributed by atoms with Crippen molar-refractivity contribution < 1.29 is 9.59 Å². The Morgan fingerprint density at radius 3 is 2.38 bits per heavy atom. The summed E-state index contributed by atoms with van der Waals surface area (Å²) >= 11 is 12.5. The number of hydrogen-bond donors (Lipinski definition) is 3. The van der Waals surface area contributed by atoms with Crippen LogP contribution in [0.2, 0.25) is 10.0 Å². The number of amides is 2.